The number of aryl methyl sites for hydroxylation is 1. The van der Waals surface area contributed by atoms with E-state index in [1.54, 1.807) is 0 Å². The summed E-state index contributed by atoms with van der Waals surface area (Å²) < 4.78 is 6.56. The average molecular weight is 367 g/mol. The number of nitrogens with zero attached hydrogens (tertiary/aromatic N) is 1. The monoisotopic (exact) mass is 365 g/mol. The van der Waals surface area contributed by atoms with Crippen LogP contribution in [0.2, 0.25) is 5.02 Å². The highest BCUT2D eigenvalue weighted by atomic mass is 79.9. The maximum Gasteiger partial charge on any atom is 0.133 e. The van der Waals surface area contributed by atoms with E-state index in [4.69, 9.17) is 16.3 Å². The van der Waals surface area contributed by atoms with E-state index in [1.165, 1.54) is 0 Å². The molecule has 2 rings (SSSR count). The summed E-state index contributed by atoms with van der Waals surface area (Å²) in [6, 6.07) is 11.7. The van der Waals surface area contributed by atoms with E-state index in [1.807, 2.05) is 49.5 Å². The molecule has 21 heavy (non-hydrogen) atoms. The SMILES string of the molecule is CCCOc1ccc(C=Nc2ccc(C)c(Cl)c2)cc1Br. The van der Waals surface area contributed by atoms with Gasteiger partial charge in [-0.3, -0.25) is 4.99 Å². The van der Waals surface area contributed by atoms with Crippen LogP contribution in [-0.4, -0.2) is 12.8 Å². The number of ether oxygens (including phenoxy) is 1. The lowest BCUT2D eigenvalue weighted by Gasteiger charge is -2.07. The maximum atomic E-state index is 6.09. The lowest BCUT2D eigenvalue weighted by Crippen LogP contribution is -1.96. The first-order chi connectivity index (χ1) is 10.1. The van der Waals surface area contributed by atoms with E-state index in [9.17, 15) is 0 Å². The van der Waals surface area contributed by atoms with Gasteiger partial charge in [-0.25, -0.2) is 0 Å². The third-order valence-electron chi connectivity index (χ3n) is 2.94. The number of benzene rings is 2. The standard InChI is InChI=1S/C17H17BrClNO/c1-3-8-21-17-7-5-13(9-15(17)18)11-20-14-6-4-12(2)16(19)10-14/h4-7,9-11H,3,8H2,1-2H3. The summed E-state index contributed by atoms with van der Waals surface area (Å²) in [5, 5.41) is 0.731. The van der Waals surface area contributed by atoms with Crippen molar-refractivity contribution in [1.82, 2.24) is 0 Å². The van der Waals surface area contributed by atoms with Crippen molar-refractivity contribution in [2.75, 3.05) is 6.61 Å². The molecule has 0 radical (unpaired) electrons. The van der Waals surface area contributed by atoms with Gasteiger partial charge in [0.25, 0.3) is 0 Å². The first-order valence-corrected chi connectivity index (χ1v) is 8.00. The van der Waals surface area contributed by atoms with Gasteiger partial charge in [0.05, 0.1) is 16.8 Å². The van der Waals surface area contributed by atoms with E-state index < -0.39 is 0 Å². The Morgan fingerprint density at radius 2 is 2.05 bits per heavy atom. The summed E-state index contributed by atoms with van der Waals surface area (Å²) in [4.78, 5) is 4.44. The van der Waals surface area contributed by atoms with Gasteiger partial charge in [0.1, 0.15) is 5.75 Å². The molecule has 0 aromatic heterocycles. The van der Waals surface area contributed by atoms with Crippen molar-refractivity contribution in [1.29, 1.82) is 0 Å². The molecule has 0 saturated heterocycles. The Bertz CT molecular complexity index is 655. The molecule has 0 fully saturated rings. The predicted molar refractivity (Wildman–Crippen MR) is 93.4 cm³/mol. The molecule has 0 unspecified atom stereocenters. The molecule has 0 N–H and O–H groups in total. The highest BCUT2D eigenvalue weighted by molar-refractivity contribution is 9.10. The Labute approximate surface area is 138 Å². The summed E-state index contributed by atoms with van der Waals surface area (Å²) in [5.41, 5.74) is 2.89. The summed E-state index contributed by atoms with van der Waals surface area (Å²) in [5.74, 6) is 0.854. The van der Waals surface area contributed by atoms with Crippen LogP contribution in [0.15, 0.2) is 45.9 Å². The van der Waals surface area contributed by atoms with Gasteiger partial charge < -0.3 is 4.74 Å². The molecule has 0 aliphatic heterocycles. The molecule has 0 atom stereocenters. The van der Waals surface area contributed by atoms with Crippen LogP contribution in [0.1, 0.15) is 24.5 Å². The number of hydrogen-bond donors (Lipinski definition) is 0. The van der Waals surface area contributed by atoms with Gasteiger partial charge in [0, 0.05) is 11.2 Å². The number of hydrogen-bond acceptors (Lipinski definition) is 2. The van der Waals surface area contributed by atoms with E-state index in [0.717, 1.165) is 38.5 Å². The van der Waals surface area contributed by atoms with Crippen LogP contribution < -0.4 is 4.74 Å². The second-order valence-corrected chi connectivity index (χ2v) is 5.99. The zero-order valence-corrected chi connectivity index (χ0v) is 14.4. The van der Waals surface area contributed by atoms with Crippen LogP contribution in [-0.2, 0) is 0 Å². The second kappa shape index (κ2) is 7.62. The Hall–Kier alpha value is -1.32. The fraction of sp³-hybridized carbons (Fsp3) is 0.235. The van der Waals surface area contributed by atoms with Gasteiger partial charge in [0.2, 0.25) is 0 Å². The molecule has 4 heteroatoms. The summed E-state index contributed by atoms with van der Waals surface area (Å²) in [7, 11) is 0. The van der Waals surface area contributed by atoms with Crippen LogP contribution >= 0.6 is 27.5 Å². The van der Waals surface area contributed by atoms with E-state index in [-0.39, 0.29) is 0 Å². The summed E-state index contributed by atoms with van der Waals surface area (Å²) >= 11 is 9.61. The largest absolute Gasteiger partial charge is 0.492 e. The topological polar surface area (TPSA) is 21.6 Å². The lowest BCUT2D eigenvalue weighted by atomic mass is 10.2. The quantitative estimate of drug-likeness (QED) is 0.599. The highest BCUT2D eigenvalue weighted by Gasteiger charge is 2.01. The summed E-state index contributed by atoms with van der Waals surface area (Å²) in [6.07, 6.45) is 2.80. The van der Waals surface area contributed by atoms with E-state index in [0.29, 0.717) is 6.61 Å². The lowest BCUT2D eigenvalue weighted by molar-refractivity contribution is 0.315. The minimum atomic E-state index is 0.716. The smallest absolute Gasteiger partial charge is 0.133 e. The number of rotatable bonds is 5. The molecular formula is C17H17BrClNO. The zero-order valence-electron chi connectivity index (χ0n) is 12.1. The van der Waals surface area contributed by atoms with Crippen LogP contribution in [0.3, 0.4) is 0 Å². The van der Waals surface area contributed by atoms with Crippen molar-refractivity contribution in [2.24, 2.45) is 4.99 Å². The minimum Gasteiger partial charge on any atom is -0.492 e. The van der Waals surface area contributed by atoms with Gasteiger partial charge in [-0.15, -0.1) is 0 Å². The van der Waals surface area contributed by atoms with Crippen LogP contribution in [0.4, 0.5) is 5.69 Å². The molecule has 110 valence electrons. The molecule has 0 aliphatic carbocycles. The molecular weight excluding hydrogens is 350 g/mol. The molecule has 2 aromatic rings. The molecule has 0 spiro atoms. The van der Waals surface area contributed by atoms with Crippen molar-refractivity contribution < 1.29 is 4.74 Å². The molecule has 2 nitrogen and oxygen atoms in total. The third kappa shape index (κ3) is 4.58. The van der Waals surface area contributed by atoms with E-state index in [2.05, 4.69) is 27.8 Å². The van der Waals surface area contributed by atoms with E-state index >= 15 is 0 Å². The summed E-state index contributed by atoms with van der Waals surface area (Å²) in [6.45, 7) is 4.78. The Morgan fingerprint density at radius 1 is 1.24 bits per heavy atom. The van der Waals surface area contributed by atoms with Crippen LogP contribution in [0.5, 0.6) is 5.75 Å². The van der Waals surface area contributed by atoms with Gasteiger partial charge >= 0.3 is 0 Å². The van der Waals surface area contributed by atoms with Crippen molar-refractivity contribution in [3.05, 3.63) is 57.0 Å². The Balaban J connectivity index is 2.13. The van der Waals surface area contributed by atoms with Crippen molar-refractivity contribution in [3.63, 3.8) is 0 Å². The van der Waals surface area contributed by atoms with Crippen molar-refractivity contribution in [2.45, 2.75) is 20.3 Å². The molecule has 0 heterocycles. The first-order valence-electron chi connectivity index (χ1n) is 6.82. The normalized spacial score (nSPS) is 11.0. The number of aliphatic imine (C=N–C) groups is 1. The first kappa shape index (κ1) is 16.1. The Morgan fingerprint density at radius 3 is 2.71 bits per heavy atom. The molecule has 0 saturated carbocycles. The molecule has 2 aromatic carbocycles. The van der Waals surface area contributed by atoms with Crippen LogP contribution in [0.25, 0.3) is 0 Å². The van der Waals surface area contributed by atoms with Crippen molar-refractivity contribution >= 4 is 39.4 Å². The highest BCUT2D eigenvalue weighted by Crippen LogP contribution is 2.26. The Kier molecular flexibility index (Phi) is 5.83. The van der Waals surface area contributed by atoms with Gasteiger partial charge in [-0.1, -0.05) is 24.6 Å². The zero-order chi connectivity index (χ0) is 15.2. The third-order valence-corrected chi connectivity index (χ3v) is 3.96. The van der Waals surface area contributed by atoms with Gasteiger partial charge in [-0.05, 0) is 70.7 Å². The number of halogens is 2. The molecule has 0 amide bonds. The van der Waals surface area contributed by atoms with Gasteiger partial charge in [0.15, 0.2) is 0 Å². The average Bonchev–Trinajstić information content (AvgIpc) is 2.47. The second-order valence-electron chi connectivity index (χ2n) is 4.73. The molecule has 0 bridgehead atoms. The molecule has 0 aliphatic rings. The predicted octanol–water partition coefficient (Wildman–Crippen LogP) is 5.95. The van der Waals surface area contributed by atoms with Gasteiger partial charge in [-0.2, -0.15) is 0 Å². The fourth-order valence-corrected chi connectivity index (χ4v) is 2.42. The van der Waals surface area contributed by atoms with Crippen LogP contribution in [0, 0.1) is 6.92 Å². The fourth-order valence-electron chi connectivity index (χ4n) is 1.74. The minimum absolute atomic E-state index is 0.716. The maximum absolute atomic E-state index is 6.09. The van der Waals surface area contributed by atoms with Crippen molar-refractivity contribution in [3.8, 4) is 5.75 Å².